The Morgan fingerprint density at radius 3 is 2.16 bits per heavy atom. The molecule has 2 N–H and O–H groups in total. The van der Waals surface area contributed by atoms with E-state index in [2.05, 4.69) is 34.9 Å². The van der Waals surface area contributed by atoms with Crippen LogP contribution in [0.3, 0.4) is 0 Å². The molecule has 0 aliphatic heterocycles. The minimum atomic E-state index is -0.896. The van der Waals surface area contributed by atoms with Gasteiger partial charge in [0.15, 0.2) is 0 Å². The van der Waals surface area contributed by atoms with Gasteiger partial charge in [-0.2, -0.15) is 5.26 Å². The van der Waals surface area contributed by atoms with Crippen molar-refractivity contribution < 1.29 is 14.3 Å². The summed E-state index contributed by atoms with van der Waals surface area (Å²) >= 11 is 0. The number of carbonyl (C=O) groups is 2. The number of carbonyl (C=O) groups excluding carboxylic acids is 2. The quantitative estimate of drug-likeness (QED) is 0.368. The third-order valence-corrected chi connectivity index (χ3v) is 6.76. The third-order valence-electron chi connectivity index (χ3n) is 6.76. The van der Waals surface area contributed by atoms with Gasteiger partial charge in [0.1, 0.15) is 18.7 Å². The average molecular weight is 490 g/mol. The Balaban J connectivity index is 1.31. The first-order valence-corrected chi connectivity index (χ1v) is 12.3. The van der Waals surface area contributed by atoms with Gasteiger partial charge in [-0.3, -0.25) is 4.79 Å². The Morgan fingerprint density at radius 2 is 1.49 bits per heavy atom. The van der Waals surface area contributed by atoms with Gasteiger partial charge < -0.3 is 15.4 Å². The topological polar surface area (TPSA) is 91.2 Å². The summed E-state index contributed by atoms with van der Waals surface area (Å²) in [6.07, 6.45) is -0.411. The maximum absolute atomic E-state index is 13.0. The van der Waals surface area contributed by atoms with E-state index in [0.717, 1.165) is 38.6 Å². The van der Waals surface area contributed by atoms with Crippen molar-refractivity contribution in [3.63, 3.8) is 0 Å². The smallest absolute Gasteiger partial charge is 0.407 e. The van der Waals surface area contributed by atoms with E-state index in [1.54, 1.807) is 6.92 Å². The number of rotatable bonds is 7. The van der Waals surface area contributed by atoms with E-state index in [1.807, 2.05) is 72.8 Å². The van der Waals surface area contributed by atoms with Crippen LogP contribution >= 0.6 is 0 Å². The summed E-state index contributed by atoms with van der Waals surface area (Å²) in [5, 5.41) is 16.7. The molecule has 0 saturated heterocycles. The Hall–Kier alpha value is -4.63. The predicted molar refractivity (Wildman–Crippen MR) is 143 cm³/mol. The molecule has 2 amide bonds. The zero-order valence-electron chi connectivity index (χ0n) is 20.5. The second-order valence-electron chi connectivity index (χ2n) is 9.27. The molecule has 0 saturated carbocycles. The molecule has 6 nitrogen and oxygen atoms in total. The van der Waals surface area contributed by atoms with Gasteiger partial charge in [0.2, 0.25) is 5.91 Å². The highest BCUT2D eigenvalue weighted by atomic mass is 16.5. The predicted octanol–water partition coefficient (Wildman–Crippen LogP) is 5.32. The van der Waals surface area contributed by atoms with Crippen molar-refractivity contribution in [2.75, 3.05) is 6.61 Å². The van der Waals surface area contributed by atoms with E-state index in [9.17, 15) is 9.59 Å². The number of alkyl carbamates (subject to hydrolysis) is 1. The molecule has 1 aliphatic carbocycles. The van der Waals surface area contributed by atoms with Crippen molar-refractivity contribution in [3.8, 4) is 17.2 Å². The number of nitrogens with zero attached hydrogens (tertiary/aromatic N) is 1. The molecule has 5 rings (SSSR count). The van der Waals surface area contributed by atoms with Crippen LogP contribution in [0.25, 0.3) is 21.9 Å². The normalized spacial score (nSPS) is 13.6. The molecule has 0 spiro atoms. The summed E-state index contributed by atoms with van der Waals surface area (Å²) in [6.45, 7) is 1.75. The summed E-state index contributed by atoms with van der Waals surface area (Å²) in [5.74, 6) is -0.514. The summed E-state index contributed by atoms with van der Waals surface area (Å²) in [5.41, 5.74) is 5.41. The molecule has 6 heteroatoms. The van der Waals surface area contributed by atoms with Gasteiger partial charge in [0.05, 0.1) is 6.07 Å². The number of hydrogen-bond acceptors (Lipinski definition) is 4. The average Bonchev–Trinajstić information content (AvgIpc) is 3.25. The van der Waals surface area contributed by atoms with Crippen molar-refractivity contribution in [2.24, 2.45) is 0 Å². The number of ether oxygens (including phenoxy) is 1. The van der Waals surface area contributed by atoms with E-state index in [0.29, 0.717) is 0 Å². The Labute approximate surface area is 215 Å². The second kappa shape index (κ2) is 10.5. The minimum absolute atomic E-state index is 0.0791. The fourth-order valence-corrected chi connectivity index (χ4v) is 4.94. The molecule has 2 atom stereocenters. The fraction of sp³-hybridized carbons (Fsp3) is 0.194. The van der Waals surface area contributed by atoms with Crippen LogP contribution < -0.4 is 10.6 Å². The van der Waals surface area contributed by atoms with Crippen LogP contribution in [0.15, 0.2) is 91.0 Å². The first kappa shape index (κ1) is 24.1. The lowest BCUT2D eigenvalue weighted by Crippen LogP contribution is -2.50. The monoisotopic (exact) mass is 489 g/mol. The Morgan fingerprint density at radius 1 is 0.865 bits per heavy atom. The first-order chi connectivity index (χ1) is 18.0. The van der Waals surface area contributed by atoms with Gasteiger partial charge in [-0.15, -0.1) is 0 Å². The van der Waals surface area contributed by atoms with Crippen molar-refractivity contribution in [2.45, 2.75) is 31.3 Å². The van der Waals surface area contributed by atoms with E-state index >= 15 is 0 Å². The van der Waals surface area contributed by atoms with Crippen LogP contribution in [0.2, 0.25) is 0 Å². The summed E-state index contributed by atoms with van der Waals surface area (Å²) in [7, 11) is 0. The molecule has 184 valence electrons. The standard InChI is InChI=1S/C31H27N3O3/c1-20(18-32)33-30(35)29(17-21-14-15-22-8-2-3-9-23(22)16-21)34-31(36)37-19-28-26-12-6-4-10-24(26)25-11-5-7-13-27(25)28/h2-16,20,28-29H,17,19H2,1H3,(H,33,35)(H,34,36). The number of amides is 2. The number of nitrogens with one attached hydrogen (secondary N) is 2. The van der Waals surface area contributed by atoms with E-state index in [1.165, 1.54) is 0 Å². The molecule has 1 aliphatic rings. The highest BCUT2D eigenvalue weighted by Crippen LogP contribution is 2.44. The highest BCUT2D eigenvalue weighted by molar-refractivity contribution is 5.87. The second-order valence-corrected chi connectivity index (χ2v) is 9.27. The molecule has 4 aromatic carbocycles. The van der Waals surface area contributed by atoms with E-state index < -0.39 is 24.1 Å². The van der Waals surface area contributed by atoms with E-state index in [-0.39, 0.29) is 18.9 Å². The lowest BCUT2D eigenvalue weighted by atomic mass is 9.98. The van der Waals surface area contributed by atoms with Crippen molar-refractivity contribution in [3.05, 3.63) is 108 Å². The minimum Gasteiger partial charge on any atom is -0.449 e. The van der Waals surface area contributed by atoms with Gasteiger partial charge in [0, 0.05) is 12.3 Å². The Kier molecular flexibility index (Phi) is 6.87. The van der Waals surface area contributed by atoms with Crippen LogP contribution in [0.4, 0.5) is 4.79 Å². The number of nitriles is 1. The van der Waals surface area contributed by atoms with E-state index in [4.69, 9.17) is 10.00 Å². The van der Waals surface area contributed by atoms with Crippen molar-refractivity contribution in [1.82, 2.24) is 10.6 Å². The Bertz CT molecular complexity index is 1460. The molecule has 4 aromatic rings. The van der Waals surface area contributed by atoms with Gasteiger partial charge >= 0.3 is 6.09 Å². The number of benzene rings is 4. The van der Waals surface area contributed by atoms with Crippen molar-refractivity contribution >= 4 is 22.8 Å². The van der Waals surface area contributed by atoms with Crippen LogP contribution in [0.1, 0.15) is 29.5 Å². The molecule has 0 aromatic heterocycles. The summed E-state index contributed by atoms with van der Waals surface area (Å²) in [4.78, 5) is 25.9. The molecule has 0 radical (unpaired) electrons. The molecule has 0 heterocycles. The van der Waals surface area contributed by atoms with Gasteiger partial charge in [-0.1, -0.05) is 91.0 Å². The van der Waals surface area contributed by atoms with Crippen LogP contribution in [-0.2, 0) is 16.0 Å². The molecule has 0 fully saturated rings. The van der Waals surface area contributed by atoms with Crippen molar-refractivity contribution in [1.29, 1.82) is 5.26 Å². The number of hydrogen-bond donors (Lipinski definition) is 2. The lowest BCUT2D eigenvalue weighted by molar-refractivity contribution is -0.123. The zero-order chi connectivity index (χ0) is 25.8. The molecule has 2 unspecified atom stereocenters. The van der Waals surface area contributed by atoms with Crippen LogP contribution in [0.5, 0.6) is 0 Å². The molecular formula is C31H27N3O3. The third kappa shape index (κ3) is 5.17. The number of fused-ring (bicyclic) bond motifs is 4. The molecule has 0 bridgehead atoms. The van der Waals surface area contributed by atoms with Gasteiger partial charge in [-0.05, 0) is 45.5 Å². The maximum Gasteiger partial charge on any atom is 0.407 e. The summed E-state index contributed by atoms with van der Waals surface area (Å²) in [6, 6.07) is 30.6. The highest BCUT2D eigenvalue weighted by Gasteiger charge is 2.30. The SMILES string of the molecule is CC(C#N)NC(=O)C(Cc1ccc2ccccc2c1)NC(=O)OCC1c2ccccc2-c2ccccc21. The summed E-state index contributed by atoms with van der Waals surface area (Å²) < 4.78 is 5.66. The molecular weight excluding hydrogens is 462 g/mol. The van der Waals surface area contributed by atoms with Gasteiger partial charge in [-0.25, -0.2) is 4.79 Å². The lowest BCUT2D eigenvalue weighted by Gasteiger charge is -2.20. The van der Waals surface area contributed by atoms with Crippen LogP contribution in [-0.4, -0.2) is 30.7 Å². The first-order valence-electron chi connectivity index (χ1n) is 12.3. The maximum atomic E-state index is 13.0. The largest absolute Gasteiger partial charge is 0.449 e. The van der Waals surface area contributed by atoms with Gasteiger partial charge in [0.25, 0.3) is 0 Å². The molecule has 37 heavy (non-hydrogen) atoms. The zero-order valence-corrected chi connectivity index (χ0v) is 20.5. The fourth-order valence-electron chi connectivity index (χ4n) is 4.94. The van der Waals surface area contributed by atoms with Crippen LogP contribution in [0, 0.1) is 11.3 Å².